The molecule has 0 radical (unpaired) electrons. The van der Waals surface area contributed by atoms with Crippen LogP contribution in [0.1, 0.15) is 33.5 Å². The normalized spacial score (nSPS) is 10.9. The quantitative estimate of drug-likeness (QED) is 0.715. The van der Waals surface area contributed by atoms with E-state index in [1.165, 1.54) is 0 Å². The summed E-state index contributed by atoms with van der Waals surface area (Å²) in [6.07, 6.45) is 2.55. The van der Waals surface area contributed by atoms with Gasteiger partial charge in [-0.1, -0.05) is 33.8 Å². The molecule has 1 rings (SSSR count). The van der Waals surface area contributed by atoms with Crippen molar-refractivity contribution in [2.75, 3.05) is 24.2 Å². The second-order valence-electron chi connectivity index (χ2n) is 5.68. The Labute approximate surface area is 121 Å². The van der Waals surface area contributed by atoms with Gasteiger partial charge in [-0.05, 0) is 11.8 Å². The first-order valence-electron chi connectivity index (χ1n) is 7.08. The fourth-order valence-corrected chi connectivity index (χ4v) is 1.61. The summed E-state index contributed by atoms with van der Waals surface area (Å²) >= 11 is 0. The summed E-state index contributed by atoms with van der Waals surface area (Å²) in [6.45, 7) is 13.3. The molecular formula is C15H26N4O. The van der Waals surface area contributed by atoms with Crippen molar-refractivity contribution in [1.29, 1.82) is 0 Å². The van der Waals surface area contributed by atoms with Crippen LogP contribution in [0.15, 0.2) is 12.7 Å². The average molecular weight is 278 g/mol. The molecule has 0 saturated carbocycles. The van der Waals surface area contributed by atoms with E-state index >= 15 is 0 Å². The van der Waals surface area contributed by atoms with Crippen LogP contribution in [0.5, 0.6) is 5.88 Å². The number of nitrogens with one attached hydrogen (secondary N) is 1. The number of nitrogens with zero attached hydrogens (tertiary/aromatic N) is 2. The number of rotatable bonds is 8. The molecule has 0 spiro atoms. The van der Waals surface area contributed by atoms with Gasteiger partial charge in [0.25, 0.3) is 0 Å². The Morgan fingerprint density at radius 2 is 1.95 bits per heavy atom. The molecule has 20 heavy (non-hydrogen) atoms. The van der Waals surface area contributed by atoms with Gasteiger partial charge in [0, 0.05) is 13.0 Å². The van der Waals surface area contributed by atoms with Gasteiger partial charge < -0.3 is 15.8 Å². The zero-order valence-electron chi connectivity index (χ0n) is 12.9. The molecule has 0 aromatic carbocycles. The van der Waals surface area contributed by atoms with E-state index in [4.69, 9.17) is 10.5 Å². The third kappa shape index (κ3) is 5.07. The average Bonchev–Trinajstić information content (AvgIpc) is 2.36. The zero-order valence-corrected chi connectivity index (χ0v) is 12.9. The molecule has 5 nitrogen and oxygen atoms in total. The first-order chi connectivity index (χ1) is 9.43. The van der Waals surface area contributed by atoms with Gasteiger partial charge in [0.05, 0.1) is 6.61 Å². The molecule has 0 aliphatic heterocycles. The SMILES string of the molecule is C=CCNc1nc(CC(C)C)nc(OCC(C)C)c1N. The highest BCUT2D eigenvalue weighted by Crippen LogP contribution is 2.27. The first-order valence-corrected chi connectivity index (χ1v) is 7.08. The van der Waals surface area contributed by atoms with Crippen molar-refractivity contribution >= 4 is 11.5 Å². The van der Waals surface area contributed by atoms with E-state index in [0.717, 1.165) is 12.2 Å². The summed E-state index contributed by atoms with van der Waals surface area (Å²) in [4.78, 5) is 8.89. The van der Waals surface area contributed by atoms with Crippen LogP contribution in [-0.4, -0.2) is 23.1 Å². The summed E-state index contributed by atoms with van der Waals surface area (Å²) in [6, 6.07) is 0. The second-order valence-corrected chi connectivity index (χ2v) is 5.68. The second kappa shape index (κ2) is 7.72. The molecule has 0 bridgehead atoms. The molecular weight excluding hydrogens is 252 g/mol. The third-order valence-corrected chi connectivity index (χ3v) is 2.52. The Morgan fingerprint density at radius 3 is 2.50 bits per heavy atom. The first kappa shape index (κ1) is 16.3. The number of ether oxygens (including phenoxy) is 1. The summed E-state index contributed by atoms with van der Waals surface area (Å²) in [7, 11) is 0. The Morgan fingerprint density at radius 1 is 1.25 bits per heavy atom. The van der Waals surface area contributed by atoms with Gasteiger partial charge in [-0.25, -0.2) is 4.98 Å². The smallest absolute Gasteiger partial charge is 0.242 e. The number of nitrogen functional groups attached to an aromatic ring is 1. The van der Waals surface area contributed by atoms with Gasteiger partial charge in [-0.3, -0.25) is 0 Å². The molecule has 0 unspecified atom stereocenters. The number of nitrogens with two attached hydrogens (primary N) is 1. The molecule has 1 aromatic heterocycles. The fourth-order valence-electron chi connectivity index (χ4n) is 1.61. The molecule has 3 N–H and O–H groups in total. The lowest BCUT2D eigenvalue weighted by Gasteiger charge is -2.15. The highest BCUT2D eigenvalue weighted by atomic mass is 16.5. The number of aromatic nitrogens is 2. The molecule has 0 atom stereocenters. The van der Waals surface area contributed by atoms with Crippen molar-refractivity contribution in [2.24, 2.45) is 11.8 Å². The third-order valence-electron chi connectivity index (χ3n) is 2.52. The lowest BCUT2D eigenvalue weighted by atomic mass is 10.1. The van der Waals surface area contributed by atoms with Crippen LogP contribution in [0.3, 0.4) is 0 Å². The van der Waals surface area contributed by atoms with Crippen LogP contribution in [0.25, 0.3) is 0 Å². The fraction of sp³-hybridized carbons (Fsp3) is 0.600. The van der Waals surface area contributed by atoms with Crippen LogP contribution in [-0.2, 0) is 6.42 Å². The molecule has 0 aliphatic carbocycles. The van der Waals surface area contributed by atoms with Gasteiger partial charge in [-0.2, -0.15) is 4.98 Å². The highest BCUT2D eigenvalue weighted by Gasteiger charge is 2.14. The molecule has 112 valence electrons. The number of anilines is 2. The Balaban J connectivity index is 3.02. The Kier molecular flexibility index (Phi) is 6.28. The maximum Gasteiger partial charge on any atom is 0.242 e. The van der Waals surface area contributed by atoms with E-state index < -0.39 is 0 Å². The number of hydrogen-bond donors (Lipinski definition) is 2. The highest BCUT2D eigenvalue weighted by molar-refractivity contribution is 5.67. The van der Waals surface area contributed by atoms with E-state index in [-0.39, 0.29) is 0 Å². The minimum absolute atomic E-state index is 0.419. The molecule has 0 amide bonds. The van der Waals surface area contributed by atoms with Crippen LogP contribution in [0, 0.1) is 11.8 Å². The van der Waals surface area contributed by atoms with Gasteiger partial charge >= 0.3 is 0 Å². The van der Waals surface area contributed by atoms with Crippen molar-refractivity contribution in [2.45, 2.75) is 34.1 Å². The minimum atomic E-state index is 0.419. The van der Waals surface area contributed by atoms with Crippen molar-refractivity contribution in [3.05, 3.63) is 18.5 Å². The molecule has 1 heterocycles. The van der Waals surface area contributed by atoms with E-state index in [1.807, 2.05) is 0 Å². The van der Waals surface area contributed by atoms with Gasteiger partial charge in [-0.15, -0.1) is 6.58 Å². The van der Waals surface area contributed by atoms with E-state index in [9.17, 15) is 0 Å². The molecule has 5 heteroatoms. The van der Waals surface area contributed by atoms with Gasteiger partial charge in [0.15, 0.2) is 5.82 Å². The lowest BCUT2D eigenvalue weighted by Crippen LogP contribution is -2.14. The summed E-state index contributed by atoms with van der Waals surface area (Å²) in [5.74, 6) is 2.73. The lowest BCUT2D eigenvalue weighted by molar-refractivity contribution is 0.261. The summed E-state index contributed by atoms with van der Waals surface area (Å²) in [5, 5.41) is 3.13. The van der Waals surface area contributed by atoms with Crippen LogP contribution in [0.2, 0.25) is 0 Å². The number of hydrogen-bond acceptors (Lipinski definition) is 5. The molecule has 0 fully saturated rings. The zero-order chi connectivity index (χ0) is 15.1. The Hall–Kier alpha value is -1.78. The van der Waals surface area contributed by atoms with Crippen LogP contribution < -0.4 is 15.8 Å². The molecule has 0 aliphatic rings. The van der Waals surface area contributed by atoms with Gasteiger partial charge in [0.1, 0.15) is 11.5 Å². The van der Waals surface area contributed by atoms with Gasteiger partial charge in [0.2, 0.25) is 5.88 Å². The Bertz CT molecular complexity index is 444. The van der Waals surface area contributed by atoms with Crippen LogP contribution >= 0.6 is 0 Å². The predicted molar refractivity (Wildman–Crippen MR) is 84.0 cm³/mol. The summed E-state index contributed by atoms with van der Waals surface area (Å²) < 4.78 is 5.70. The molecule has 0 saturated heterocycles. The maximum absolute atomic E-state index is 6.06. The van der Waals surface area contributed by atoms with E-state index in [2.05, 4.69) is 49.6 Å². The van der Waals surface area contributed by atoms with Crippen molar-refractivity contribution in [3.8, 4) is 5.88 Å². The standard InChI is InChI=1S/C15H26N4O/c1-6-7-17-14-13(16)15(20-9-11(4)5)19-12(18-14)8-10(2)3/h6,10-11H,1,7-9,16H2,2-5H3,(H,17,18,19). The van der Waals surface area contributed by atoms with Crippen molar-refractivity contribution < 1.29 is 4.74 Å². The van der Waals surface area contributed by atoms with E-state index in [0.29, 0.717) is 42.4 Å². The van der Waals surface area contributed by atoms with Crippen LogP contribution in [0.4, 0.5) is 11.5 Å². The maximum atomic E-state index is 6.06. The minimum Gasteiger partial charge on any atom is -0.476 e. The van der Waals surface area contributed by atoms with E-state index in [1.54, 1.807) is 6.08 Å². The molecule has 1 aromatic rings. The topological polar surface area (TPSA) is 73.1 Å². The van der Waals surface area contributed by atoms with Crippen molar-refractivity contribution in [3.63, 3.8) is 0 Å². The largest absolute Gasteiger partial charge is 0.476 e. The summed E-state index contributed by atoms with van der Waals surface area (Å²) in [5.41, 5.74) is 6.52. The van der Waals surface area contributed by atoms with Crippen molar-refractivity contribution in [1.82, 2.24) is 9.97 Å². The monoisotopic (exact) mass is 278 g/mol. The predicted octanol–water partition coefficient (Wildman–Crippen LogP) is 2.89.